The van der Waals surface area contributed by atoms with Crippen LogP contribution in [0.2, 0.25) is 10.0 Å². The molecule has 2 aromatic carbocycles. The van der Waals surface area contributed by atoms with Crippen LogP contribution >= 0.6 is 29.7 Å². The highest BCUT2D eigenvalue weighted by atomic mass is 35.5. The molecule has 118 valence electrons. The summed E-state index contributed by atoms with van der Waals surface area (Å²) in [7, 11) is 0. The minimum atomic E-state index is -2.68. The smallest absolute Gasteiger partial charge is 0.269 e. The van der Waals surface area contributed by atoms with Crippen LogP contribution in [0.1, 0.15) is 19.8 Å². The molecular formula is C16H17Cl2O2PS. The number of hydrogen-bond acceptors (Lipinski definition) is 3. The molecule has 2 rings (SSSR count). The Morgan fingerprint density at radius 2 is 1.82 bits per heavy atom. The van der Waals surface area contributed by atoms with Gasteiger partial charge in [0.2, 0.25) is 0 Å². The van der Waals surface area contributed by atoms with E-state index < -0.39 is 6.49 Å². The summed E-state index contributed by atoms with van der Waals surface area (Å²) in [5.74, 6) is 0.456. The third-order valence-electron chi connectivity index (χ3n) is 2.94. The van der Waals surface area contributed by atoms with Gasteiger partial charge in [0.25, 0.3) is 6.49 Å². The lowest BCUT2D eigenvalue weighted by molar-refractivity contribution is 0.311. The molecule has 22 heavy (non-hydrogen) atoms. The average Bonchev–Trinajstić information content (AvgIpc) is 2.52. The molecule has 0 fully saturated rings. The summed E-state index contributed by atoms with van der Waals surface area (Å²) in [6.45, 7) is -0.0222. The van der Waals surface area contributed by atoms with Crippen LogP contribution in [-0.4, -0.2) is 6.61 Å². The fourth-order valence-electron chi connectivity index (χ4n) is 1.77. The van der Waals surface area contributed by atoms with Gasteiger partial charge in [-0.25, -0.2) is 0 Å². The Balaban J connectivity index is 2.32. The molecule has 0 N–H and O–H groups in total. The first-order valence-electron chi connectivity index (χ1n) is 7.00. The van der Waals surface area contributed by atoms with Gasteiger partial charge < -0.3 is 9.05 Å². The van der Waals surface area contributed by atoms with Crippen molar-refractivity contribution in [3.8, 4) is 5.75 Å². The van der Waals surface area contributed by atoms with E-state index in [1.165, 1.54) is 0 Å². The standard InChI is InChI=1S/C16H17Cl2O2PS/c1-2-3-11-19-21(22,14-7-5-4-6-8-14)20-16-12-13(17)9-10-15(16)18/h4-10,12H,2-3,11H2,1H3. The van der Waals surface area contributed by atoms with E-state index in [4.69, 9.17) is 44.1 Å². The Labute approximate surface area is 146 Å². The molecule has 6 heteroatoms. The van der Waals surface area contributed by atoms with Crippen LogP contribution in [0.15, 0.2) is 48.5 Å². The Morgan fingerprint density at radius 1 is 1.09 bits per heavy atom. The number of benzene rings is 2. The molecule has 0 aliphatic rings. The van der Waals surface area contributed by atoms with Gasteiger partial charge in [0, 0.05) is 16.4 Å². The molecule has 2 nitrogen and oxygen atoms in total. The Hall–Kier alpha value is -0.570. The third kappa shape index (κ3) is 4.71. The van der Waals surface area contributed by atoms with Gasteiger partial charge in [0.15, 0.2) is 0 Å². The number of unbranched alkanes of at least 4 members (excludes halogenated alkanes) is 1. The molecule has 0 radical (unpaired) electrons. The summed E-state index contributed by atoms with van der Waals surface area (Å²) in [6, 6.07) is 14.7. The van der Waals surface area contributed by atoms with Crippen LogP contribution in [0.3, 0.4) is 0 Å². The van der Waals surface area contributed by atoms with Crippen molar-refractivity contribution >= 4 is 46.8 Å². The zero-order valence-electron chi connectivity index (χ0n) is 12.2. The van der Waals surface area contributed by atoms with Gasteiger partial charge in [-0.2, -0.15) is 0 Å². The second-order valence-electron chi connectivity index (χ2n) is 4.69. The first-order chi connectivity index (χ1) is 10.5. The van der Waals surface area contributed by atoms with E-state index in [0.29, 0.717) is 22.4 Å². The van der Waals surface area contributed by atoms with E-state index >= 15 is 0 Å². The SMILES string of the molecule is CCCCOP(=S)(Oc1cc(Cl)ccc1Cl)c1ccccc1. The predicted molar refractivity (Wildman–Crippen MR) is 98.3 cm³/mol. The molecule has 0 bridgehead atoms. The van der Waals surface area contributed by atoms with Crippen LogP contribution in [-0.2, 0) is 16.3 Å². The average molecular weight is 375 g/mol. The second-order valence-corrected chi connectivity index (χ2v) is 8.92. The Kier molecular flexibility index (Phi) is 6.73. The predicted octanol–water partition coefficient (Wildman–Crippen LogP) is 5.82. The maximum atomic E-state index is 6.18. The largest absolute Gasteiger partial charge is 0.439 e. The maximum Gasteiger partial charge on any atom is 0.269 e. The van der Waals surface area contributed by atoms with Crippen molar-refractivity contribution in [3.05, 3.63) is 58.6 Å². The van der Waals surface area contributed by atoms with Gasteiger partial charge in [0.05, 0.1) is 11.6 Å². The summed E-state index contributed by atoms with van der Waals surface area (Å²) in [5.41, 5.74) is 0. The fourth-order valence-corrected chi connectivity index (χ4v) is 4.60. The zero-order chi connectivity index (χ0) is 16.0. The van der Waals surface area contributed by atoms with E-state index in [0.717, 1.165) is 18.1 Å². The second kappa shape index (κ2) is 8.33. The zero-order valence-corrected chi connectivity index (χ0v) is 15.4. The van der Waals surface area contributed by atoms with Gasteiger partial charge in [-0.1, -0.05) is 54.7 Å². The van der Waals surface area contributed by atoms with E-state index in [2.05, 4.69) is 6.92 Å². The lowest BCUT2D eigenvalue weighted by atomic mass is 10.3. The molecule has 0 aliphatic carbocycles. The van der Waals surface area contributed by atoms with Crippen LogP contribution < -0.4 is 9.83 Å². The minimum absolute atomic E-state index is 0.456. The van der Waals surface area contributed by atoms with Crippen molar-refractivity contribution in [2.75, 3.05) is 6.61 Å². The summed E-state index contributed by atoms with van der Waals surface area (Å²) in [5, 5.41) is 1.87. The molecule has 0 saturated heterocycles. The molecule has 0 saturated carbocycles. The van der Waals surface area contributed by atoms with Crippen molar-refractivity contribution in [1.29, 1.82) is 0 Å². The van der Waals surface area contributed by atoms with Crippen LogP contribution in [0, 0.1) is 0 Å². The minimum Gasteiger partial charge on any atom is -0.439 e. The first-order valence-corrected chi connectivity index (χ1v) is 10.4. The summed E-state index contributed by atoms with van der Waals surface area (Å²) in [6.07, 6.45) is 1.96. The summed E-state index contributed by atoms with van der Waals surface area (Å²) < 4.78 is 12.0. The van der Waals surface area contributed by atoms with Gasteiger partial charge in [-0.15, -0.1) is 0 Å². The van der Waals surface area contributed by atoms with Gasteiger partial charge in [-0.05, 0) is 42.5 Å². The van der Waals surface area contributed by atoms with Crippen molar-refractivity contribution in [2.24, 2.45) is 0 Å². The highest BCUT2D eigenvalue weighted by Crippen LogP contribution is 2.49. The van der Waals surface area contributed by atoms with Crippen LogP contribution in [0.25, 0.3) is 0 Å². The molecule has 0 aromatic heterocycles. The molecular weight excluding hydrogens is 358 g/mol. The van der Waals surface area contributed by atoms with E-state index in [1.807, 2.05) is 30.3 Å². The van der Waals surface area contributed by atoms with Gasteiger partial charge >= 0.3 is 0 Å². The molecule has 0 spiro atoms. The summed E-state index contributed by atoms with van der Waals surface area (Å²) >= 11 is 17.9. The van der Waals surface area contributed by atoms with Gasteiger partial charge in [0.1, 0.15) is 5.75 Å². The summed E-state index contributed by atoms with van der Waals surface area (Å²) in [4.78, 5) is 0. The highest BCUT2D eigenvalue weighted by molar-refractivity contribution is 8.13. The van der Waals surface area contributed by atoms with Crippen molar-refractivity contribution in [2.45, 2.75) is 19.8 Å². The lowest BCUT2D eigenvalue weighted by Gasteiger charge is -2.24. The number of halogens is 2. The van der Waals surface area contributed by atoms with Crippen LogP contribution in [0.4, 0.5) is 0 Å². The lowest BCUT2D eigenvalue weighted by Crippen LogP contribution is -2.12. The van der Waals surface area contributed by atoms with Crippen molar-refractivity contribution in [3.63, 3.8) is 0 Å². The van der Waals surface area contributed by atoms with Crippen LogP contribution in [0.5, 0.6) is 5.75 Å². The fraction of sp³-hybridized carbons (Fsp3) is 0.250. The molecule has 2 aromatic rings. The Bertz CT molecular complexity index is 664. The highest BCUT2D eigenvalue weighted by Gasteiger charge is 2.24. The van der Waals surface area contributed by atoms with E-state index in [-0.39, 0.29) is 0 Å². The molecule has 0 heterocycles. The van der Waals surface area contributed by atoms with E-state index in [9.17, 15) is 0 Å². The van der Waals surface area contributed by atoms with Crippen molar-refractivity contribution in [1.82, 2.24) is 0 Å². The number of rotatable bonds is 7. The van der Waals surface area contributed by atoms with Gasteiger partial charge in [-0.3, -0.25) is 0 Å². The van der Waals surface area contributed by atoms with E-state index in [1.54, 1.807) is 18.2 Å². The molecule has 0 aliphatic heterocycles. The Morgan fingerprint density at radius 3 is 2.50 bits per heavy atom. The first kappa shape index (κ1) is 17.8. The molecule has 0 amide bonds. The number of hydrogen-bond donors (Lipinski definition) is 0. The molecule has 1 unspecified atom stereocenters. The third-order valence-corrected chi connectivity index (χ3v) is 6.55. The maximum absolute atomic E-state index is 6.18. The monoisotopic (exact) mass is 374 g/mol. The quantitative estimate of drug-likeness (QED) is 0.449. The molecule has 1 atom stereocenters. The van der Waals surface area contributed by atoms with Crippen molar-refractivity contribution < 1.29 is 9.05 Å². The topological polar surface area (TPSA) is 18.5 Å². The normalized spacial score (nSPS) is 13.6.